The van der Waals surface area contributed by atoms with Crippen LogP contribution in [0.25, 0.3) is 5.70 Å². The number of nitrogens with two attached hydrogens (primary N) is 2. The fourth-order valence-corrected chi connectivity index (χ4v) is 2.31. The van der Waals surface area contributed by atoms with E-state index in [1.807, 2.05) is 36.4 Å². The van der Waals surface area contributed by atoms with Crippen LogP contribution in [-0.2, 0) is 0 Å². The number of nitrogen functional groups attached to an aromatic ring is 1. The minimum Gasteiger partial charge on any atom is -0.398 e. The minimum atomic E-state index is -0.287. The normalized spacial score (nSPS) is 14.3. The van der Waals surface area contributed by atoms with E-state index in [9.17, 15) is 4.79 Å². The van der Waals surface area contributed by atoms with Crippen molar-refractivity contribution in [2.24, 2.45) is 4.99 Å². The number of rotatable bonds is 3. The van der Waals surface area contributed by atoms with Gasteiger partial charge in [0.15, 0.2) is 0 Å². The molecule has 108 valence electrons. The zero-order chi connectivity index (χ0) is 15.5. The van der Waals surface area contributed by atoms with Gasteiger partial charge in [0.05, 0.1) is 5.71 Å². The lowest BCUT2D eigenvalue weighted by Gasteiger charge is -2.11. The Morgan fingerprint density at radius 2 is 1.86 bits per heavy atom. The van der Waals surface area contributed by atoms with Crippen molar-refractivity contribution in [3.8, 4) is 0 Å². The number of quaternary nitrogens is 1. The molecule has 5 nitrogen and oxygen atoms in total. The molecule has 1 aliphatic heterocycles. The lowest BCUT2D eigenvalue weighted by atomic mass is 10.0. The highest BCUT2D eigenvalue weighted by Gasteiger charge is 2.20. The second kappa shape index (κ2) is 5.75. The van der Waals surface area contributed by atoms with Gasteiger partial charge in [-0.25, -0.2) is 10.1 Å². The number of amides is 2. The van der Waals surface area contributed by atoms with Crippen LogP contribution in [-0.4, -0.2) is 18.0 Å². The van der Waals surface area contributed by atoms with E-state index in [0.717, 1.165) is 16.8 Å². The fraction of sp³-hybridized carbons (Fsp3) is 0. The summed E-state index contributed by atoms with van der Waals surface area (Å²) >= 11 is 0. The summed E-state index contributed by atoms with van der Waals surface area (Å²) in [6.07, 6.45) is 3.06. The first kappa shape index (κ1) is 13.9. The topological polar surface area (TPSA) is 95.9 Å². The largest absolute Gasteiger partial charge is 0.444 e. The Bertz CT molecular complexity index is 807. The molecule has 1 aliphatic rings. The predicted molar refractivity (Wildman–Crippen MR) is 87.0 cm³/mol. The van der Waals surface area contributed by atoms with Crippen molar-refractivity contribution in [3.05, 3.63) is 71.3 Å². The molecule has 0 atom stereocenters. The summed E-state index contributed by atoms with van der Waals surface area (Å²) in [6, 6.07) is 14.7. The van der Waals surface area contributed by atoms with Crippen molar-refractivity contribution in [2.75, 3.05) is 5.73 Å². The van der Waals surface area contributed by atoms with Gasteiger partial charge in [0.2, 0.25) is 0 Å². The molecule has 22 heavy (non-hydrogen) atoms. The van der Waals surface area contributed by atoms with Gasteiger partial charge in [-0.15, -0.1) is 0 Å². The number of allylic oxidation sites excluding steroid dienone is 1. The number of nitrogens with one attached hydrogen (secondary N) is 1. The molecule has 2 aromatic carbocycles. The molecule has 0 radical (unpaired) electrons. The van der Waals surface area contributed by atoms with Crippen molar-refractivity contribution < 1.29 is 10.1 Å². The van der Waals surface area contributed by atoms with Gasteiger partial charge in [-0.2, -0.15) is 4.99 Å². The predicted octanol–water partition coefficient (Wildman–Crippen LogP) is 1.79. The standard InChI is InChI=1S/C17H14N4O/c18-10-13-8-12(6-7-14(13)19)16-9-15(20-17(22)21-16)11-4-2-1-3-5-11/h1-10,18H,19H2,(H,20,21,22)/p+1. The molecule has 1 heterocycles. The molecule has 5 heteroatoms. The number of carbonyl (C=O) groups is 1. The van der Waals surface area contributed by atoms with Crippen LogP contribution in [0.3, 0.4) is 0 Å². The Morgan fingerprint density at radius 1 is 1.09 bits per heavy atom. The number of primary amides is 1. The van der Waals surface area contributed by atoms with Gasteiger partial charge >= 0.3 is 6.03 Å². The lowest BCUT2D eigenvalue weighted by molar-refractivity contribution is -0.452. The number of aliphatic imine (C=N–C) groups is 1. The first-order valence-electron chi connectivity index (χ1n) is 6.82. The highest BCUT2D eigenvalue weighted by atomic mass is 16.2. The van der Waals surface area contributed by atoms with Crippen molar-refractivity contribution in [3.63, 3.8) is 0 Å². The van der Waals surface area contributed by atoms with Crippen LogP contribution in [0.5, 0.6) is 0 Å². The third kappa shape index (κ3) is 2.70. The van der Waals surface area contributed by atoms with E-state index >= 15 is 0 Å². The molecule has 0 fully saturated rings. The van der Waals surface area contributed by atoms with Gasteiger partial charge in [-0.3, -0.25) is 0 Å². The first-order valence-corrected chi connectivity index (χ1v) is 6.82. The molecule has 0 aromatic heterocycles. The van der Waals surface area contributed by atoms with E-state index in [-0.39, 0.29) is 6.03 Å². The fourth-order valence-electron chi connectivity index (χ4n) is 2.31. The molecular weight excluding hydrogens is 276 g/mol. The highest BCUT2D eigenvalue weighted by molar-refractivity contribution is 6.17. The molecule has 0 unspecified atom stereocenters. The quantitative estimate of drug-likeness (QED) is 0.594. The summed E-state index contributed by atoms with van der Waals surface area (Å²) in [5.74, 6) is 0. The summed E-state index contributed by atoms with van der Waals surface area (Å²) in [5, 5.41) is 8.90. The molecular formula is C17H15N4O+. The van der Waals surface area contributed by atoms with Crippen LogP contribution < -0.4 is 11.1 Å². The van der Waals surface area contributed by atoms with Crippen molar-refractivity contribution in [1.29, 1.82) is 5.41 Å². The lowest BCUT2D eigenvalue weighted by Crippen LogP contribution is -2.85. The Kier molecular flexibility index (Phi) is 3.64. The number of carbonyl (C=O) groups excluding carboxylic acids is 1. The number of benzene rings is 2. The molecule has 2 amide bonds. The summed E-state index contributed by atoms with van der Waals surface area (Å²) in [4.78, 5) is 16.0. The van der Waals surface area contributed by atoms with Crippen molar-refractivity contribution in [2.45, 2.75) is 0 Å². The number of hydrogen-bond acceptors (Lipinski definition) is 3. The van der Waals surface area contributed by atoms with Crippen LogP contribution in [0, 0.1) is 5.41 Å². The van der Waals surface area contributed by atoms with Gasteiger partial charge in [0.25, 0.3) is 0 Å². The van der Waals surface area contributed by atoms with Gasteiger partial charge in [-0.05, 0) is 24.3 Å². The maximum atomic E-state index is 11.9. The Balaban J connectivity index is 2.04. The van der Waals surface area contributed by atoms with E-state index in [4.69, 9.17) is 11.1 Å². The number of hydrogen-bond donors (Lipinski definition) is 3. The molecule has 2 aromatic rings. The Hall–Kier alpha value is -3.05. The average Bonchev–Trinajstić information content (AvgIpc) is 2.55. The SMILES string of the molecule is N=Cc1cc(C2=NC(=O)[NH2+]C(c3ccccc3)=C2)ccc1N. The summed E-state index contributed by atoms with van der Waals surface area (Å²) < 4.78 is 0. The number of nitrogens with zero attached hydrogens (tertiary/aromatic N) is 1. The molecule has 3 rings (SSSR count). The van der Waals surface area contributed by atoms with Gasteiger partial charge < -0.3 is 11.1 Å². The van der Waals surface area contributed by atoms with Crippen LogP contribution in [0.1, 0.15) is 16.7 Å². The van der Waals surface area contributed by atoms with Crippen LogP contribution in [0.2, 0.25) is 0 Å². The second-order valence-electron chi connectivity index (χ2n) is 4.93. The monoisotopic (exact) mass is 291 g/mol. The molecule has 0 bridgehead atoms. The van der Waals surface area contributed by atoms with E-state index in [1.54, 1.807) is 18.2 Å². The van der Waals surface area contributed by atoms with E-state index in [0.29, 0.717) is 17.0 Å². The van der Waals surface area contributed by atoms with Gasteiger partial charge in [0, 0.05) is 34.7 Å². The Morgan fingerprint density at radius 3 is 2.59 bits per heavy atom. The minimum absolute atomic E-state index is 0.287. The third-order valence-corrected chi connectivity index (χ3v) is 3.45. The number of urea groups is 1. The van der Waals surface area contributed by atoms with E-state index < -0.39 is 0 Å². The smallest absolute Gasteiger partial charge is 0.398 e. The van der Waals surface area contributed by atoms with Crippen molar-refractivity contribution in [1.82, 2.24) is 0 Å². The maximum Gasteiger partial charge on any atom is 0.444 e. The van der Waals surface area contributed by atoms with E-state index in [2.05, 4.69) is 4.99 Å². The maximum absolute atomic E-state index is 11.9. The summed E-state index contributed by atoms with van der Waals surface area (Å²) in [7, 11) is 0. The van der Waals surface area contributed by atoms with Crippen molar-refractivity contribution >= 4 is 29.3 Å². The second-order valence-corrected chi connectivity index (χ2v) is 4.93. The average molecular weight is 291 g/mol. The van der Waals surface area contributed by atoms with Crippen LogP contribution >= 0.6 is 0 Å². The highest BCUT2D eigenvalue weighted by Crippen LogP contribution is 2.17. The zero-order valence-electron chi connectivity index (χ0n) is 11.8. The molecule has 5 N–H and O–H groups in total. The van der Waals surface area contributed by atoms with Crippen LogP contribution in [0.15, 0.2) is 59.6 Å². The molecule has 0 aliphatic carbocycles. The molecule has 0 saturated carbocycles. The molecule has 0 spiro atoms. The molecule has 0 saturated heterocycles. The summed E-state index contributed by atoms with van der Waals surface area (Å²) in [6.45, 7) is 0. The Labute approximate surface area is 127 Å². The van der Waals surface area contributed by atoms with Gasteiger partial charge in [0.1, 0.15) is 5.70 Å². The number of anilines is 1. The van der Waals surface area contributed by atoms with Crippen LogP contribution in [0.4, 0.5) is 10.5 Å². The van der Waals surface area contributed by atoms with E-state index in [1.165, 1.54) is 11.5 Å². The summed E-state index contributed by atoms with van der Waals surface area (Å²) in [5.41, 5.74) is 10.1. The zero-order valence-corrected chi connectivity index (χ0v) is 11.8. The van der Waals surface area contributed by atoms with Gasteiger partial charge in [-0.1, -0.05) is 24.3 Å². The first-order chi connectivity index (χ1) is 10.7. The third-order valence-electron chi connectivity index (χ3n) is 3.45.